The lowest BCUT2D eigenvalue weighted by molar-refractivity contribution is 0.102. The van der Waals surface area contributed by atoms with E-state index in [0.29, 0.717) is 0 Å². The average molecular weight is 274 g/mol. The third-order valence-electron chi connectivity index (χ3n) is 2.19. The second kappa shape index (κ2) is 4.59. The van der Waals surface area contributed by atoms with Crippen LogP contribution in [0.15, 0.2) is 12.1 Å². The van der Waals surface area contributed by atoms with Crippen LogP contribution in [-0.2, 0) is 0 Å². The van der Waals surface area contributed by atoms with Crippen LogP contribution in [0, 0.1) is 23.3 Å². The number of rotatable bonds is 2. The highest BCUT2D eigenvalue weighted by atomic mass is 19.2. The molecule has 1 aromatic heterocycles. The fourth-order valence-corrected chi connectivity index (χ4v) is 1.32. The fraction of sp³-hybridized carbons (Fsp3) is 0. The molecule has 100 valence electrons. The van der Waals surface area contributed by atoms with Crippen LogP contribution in [0.1, 0.15) is 10.5 Å². The minimum absolute atomic E-state index is 0.0310. The topological polar surface area (TPSA) is 83.8 Å². The Morgan fingerprint density at radius 2 is 1.74 bits per heavy atom. The van der Waals surface area contributed by atoms with Crippen molar-refractivity contribution in [2.45, 2.75) is 0 Å². The van der Waals surface area contributed by atoms with E-state index in [1.165, 1.54) is 0 Å². The average Bonchev–Trinajstić information content (AvgIpc) is 2.79. The number of halogens is 4. The van der Waals surface area contributed by atoms with Gasteiger partial charge in [-0.25, -0.2) is 17.6 Å². The van der Waals surface area contributed by atoms with Crippen molar-refractivity contribution in [3.8, 4) is 0 Å². The van der Waals surface area contributed by atoms with Crippen molar-refractivity contribution < 1.29 is 22.4 Å². The quantitative estimate of drug-likeness (QED) is 0.576. The summed E-state index contributed by atoms with van der Waals surface area (Å²) in [5.74, 6) is -7.75. The SMILES string of the molecule is Nc1cc(C(=O)Nc2c(F)c(F)cc(F)c2F)[nH]n1. The van der Waals surface area contributed by atoms with Crippen LogP contribution in [0.25, 0.3) is 0 Å². The molecule has 1 amide bonds. The van der Waals surface area contributed by atoms with E-state index in [2.05, 4.69) is 10.2 Å². The normalized spacial score (nSPS) is 10.5. The molecule has 0 bridgehead atoms. The van der Waals surface area contributed by atoms with Crippen LogP contribution < -0.4 is 11.1 Å². The molecule has 0 radical (unpaired) electrons. The predicted molar refractivity (Wildman–Crippen MR) is 57.2 cm³/mol. The standard InChI is InChI=1S/C10H6F4N4O/c11-3-1-4(12)8(14)9(7(3)13)16-10(19)5-2-6(15)18-17-5/h1-2H,(H,16,19)(H3,15,17,18). The molecule has 0 aliphatic carbocycles. The first-order chi connectivity index (χ1) is 8.90. The van der Waals surface area contributed by atoms with Crippen LogP contribution in [-0.4, -0.2) is 16.1 Å². The largest absolute Gasteiger partial charge is 0.382 e. The van der Waals surface area contributed by atoms with Gasteiger partial charge < -0.3 is 11.1 Å². The molecule has 4 N–H and O–H groups in total. The van der Waals surface area contributed by atoms with E-state index >= 15 is 0 Å². The summed E-state index contributed by atoms with van der Waals surface area (Å²) in [5.41, 5.74) is 3.78. The Morgan fingerprint density at radius 3 is 2.21 bits per heavy atom. The number of hydrogen-bond donors (Lipinski definition) is 3. The molecule has 1 heterocycles. The lowest BCUT2D eigenvalue weighted by atomic mass is 10.2. The Bertz CT molecular complexity index is 629. The number of nitrogens with two attached hydrogens (primary N) is 1. The third kappa shape index (κ3) is 2.34. The highest BCUT2D eigenvalue weighted by Gasteiger charge is 2.21. The molecule has 19 heavy (non-hydrogen) atoms. The Kier molecular flexibility index (Phi) is 3.11. The number of anilines is 2. The minimum Gasteiger partial charge on any atom is -0.382 e. The van der Waals surface area contributed by atoms with Gasteiger partial charge in [-0.2, -0.15) is 5.10 Å². The first-order valence-electron chi connectivity index (χ1n) is 4.85. The van der Waals surface area contributed by atoms with Gasteiger partial charge in [0.1, 0.15) is 17.2 Å². The summed E-state index contributed by atoms with van der Waals surface area (Å²) < 4.78 is 52.4. The Morgan fingerprint density at radius 1 is 1.16 bits per heavy atom. The van der Waals surface area contributed by atoms with Crippen LogP contribution in [0.2, 0.25) is 0 Å². The van der Waals surface area contributed by atoms with Crippen molar-refractivity contribution in [3.05, 3.63) is 41.1 Å². The van der Waals surface area contributed by atoms with Crippen molar-refractivity contribution >= 4 is 17.4 Å². The molecule has 0 spiro atoms. The molecule has 0 aliphatic heterocycles. The monoisotopic (exact) mass is 274 g/mol. The van der Waals surface area contributed by atoms with Gasteiger partial charge in [0, 0.05) is 12.1 Å². The molecule has 5 nitrogen and oxygen atoms in total. The van der Waals surface area contributed by atoms with Gasteiger partial charge in [0.2, 0.25) is 0 Å². The number of carbonyl (C=O) groups is 1. The second-order valence-corrected chi connectivity index (χ2v) is 3.50. The number of aromatic nitrogens is 2. The van der Waals surface area contributed by atoms with Gasteiger partial charge in [-0.05, 0) is 0 Å². The maximum Gasteiger partial charge on any atom is 0.273 e. The summed E-state index contributed by atoms with van der Waals surface area (Å²) in [6.07, 6.45) is 0. The van der Waals surface area contributed by atoms with E-state index in [1.807, 2.05) is 0 Å². The summed E-state index contributed by atoms with van der Waals surface area (Å²) in [7, 11) is 0. The van der Waals surface area contributed by atoms with E-state index in [9.17, 15) is 22.4 Å². The molecule has 0 saturated heterocycles. The van der Waals surface area contributed by atoms with Crippen molar-refractivity contribution in [1.29, 1.82) is 0 Å². The second-order valence-electron chi connectivity index (χ2n) is 3.50. The van der Waals surface area contributed by atoms with Crippen molar-refractivity contribution in [2.75, 3.05) is 11.1 Å². The molecule has 2 aromatic rings. The van der Waals surface area contributed by atoms with Gasteiger partial charge in [0.25, 0.3) is 5.91 Å². The number of nitrogen functional groups attached to an aromatic ring is 1. The highest BCUT2D eigenvalue weighted by Crippen LogP contribution is 2.24. The lowest BCUT2D eigenvalue weighted by Crippen LogP contribution is -2.16. The lowest BCUT2D eigenvalue weighted by Gasteiger charge is -2.07. The molecule has 0 fully saturated rings. The number of nitrogens with one attached hydrogen (secondary N) is 2. The Hall–Kier alpha value is -2.58. The maximum absolute atomic E-state index is 13.3. The molecule has 1 aromatic carbocycles. The van der Waals surface area contributed by atoms with Crippen molar-refractivity contribution in [3.63, 3.8) is 0 Å². The molecule has 0 unspecified atom stereocenters. The van der Waals surface area contributed by atoms with E-state index in [4.69, 9.17) is 5.73 Å². The van der Waals surface area contributed by atoms with Crippen molar-refractivity contribution in [2.24, 2.45) is 0 Å². The zero-order valence-corrected chi connectivity index (χ0v) is 9.10. The molecule has 0 saturated carbocycles. The minimum atomic E-state index is -1.71. The van der Waals surface area contributed by atoms with Crippen LogP contribution in [0.3, 0.4) is 0 Å². The van der Waals surface area contributed by atoms with Gasteiger partial charge in [-0.1, -0.05) is 0 Å². The maximum atomic E-state index is 13.3. The van der Waals surface area contributed by atoms with E-state index in [0.717, 1.165) is 6.07 Å². The van der Waals surface area contributed by atoms with Crippen LogP contribution >= 0.6 is 0 Å². The zero-order valence-electron chi connectivity index (χ0n) is 9.10. The highest BCUT2D eigenvalue weighted by molar-refractivity contribution is 6.03. The van der Waals surface area contributed by atoms with Gasteiger partial charge in [-0.15, -0.1) is 0 Å². The number of H-pyrrole nitrogens is 1. The van der Waals surface area contributed by atoms with Gasteiger partial charge in [0.15, 0.2) is 23.3 Å². The summed E-state index contributed by atoms with van der Waals surface area (Å²) in [5, 5.41) is 7.28. The Balaban J connectivity index is 2.36. The zero-order chi connectivity index (χ0) is 14.2. The molecular weight excluding hydrogens is 268 g/mol. The Labute approximate surface area is 103 Å². The number of hydrogen-bond acceptors (Lipinski definition) is 3. The van der Waals surface area contributed by atoms with E-state index in [1.54, 1.807) is 5.32 Å². The first-order valence-corrected chi connectivity index (χ1v) is 4.85. The summed E-state index contributed by atoms with van der Waals surface area (Å²) in [6, 6.07) is 1.12. The number of benzene rings is 1. The molecular formula is C10H6F4N4O. The van der Waals surface area contributed by atoms with Crippen molar-refractivity contribution in [1.82, 2.24) is 10.2 Å². The third-order valence-corrected chi connectivity index (χ3v) is 2.19. The number of amides is 1. The van der Waals surface area contributed by atoms with Gasteiger partial charge in [0.05, 0.1) is 0 Å². The molecule has 0 aliphatic rings. The summed E-state index contributed by atoms with van der Waals surface area (Å²) in [6.45, 7) is 0. The smallest absolute Gasteiger partial charge is 0.273 e. The summed E-state index contributed by atoms with van der Waals surface area (Å²) >= 11 is 0. The van der Waals surface area contributed by atoms with E-state index in [-0.39, 0.29) is 17.6 Å². The first kappa shape index (κ1) is 12.9. The number of nitrogens with zero attached hydrogens (tertiary/aromatic N) is 1. The number of carbonyl (C=O) groups excluding carboxylic acids is 1. The number of aromatic amines is 1. The summed E-state index contributed by atoms with van der Waals surface area (Å²) in [4.78, 5) is 11.5. The van der Waals surface area contributed by atoms with Crippen LogP contribution in [0.5, 0.6) is 0 Å². The molecule has 0 atom stereocenters. The van der Waals surface area contributed by atoms with Gasteiger partial charge >= 0.3 is 0 Å². The molecule has 9 heteroatoms. The van der Waals surface area contributed by atoms with Crippen LogP contribution in [0.4, 0.5) is 29.1 Å². The molecule has 2 rings (SSSR count). The fourth-order valence-electron chi connectivity index (χ4n) is 1.32. The predicted octanol–water partition coefficient (Wildman–Crippen LogP) is 1.80. The van der Waals surface area contributed by atoms with E-state index < -0.39 is 34.9 Å². The van der Waals surface area contributed by atoms with Gasteiger partial charge in [-0.3, -0.25) is 9.89 Å².